The van der Waals surface area contributed by atoms with Crippen molar-refractivity contribution in [2.75, 3.05) is 18.0 Å². The van der Waals surface area contributed by atoms with E-state index in [-0.39, 0.29) is 30.2 Å². The van der Waals surface area contributed by atoms with Crippen molar-refractivity contribution in [1.82, 2.24) is 5.32 Å². The first-order valence-electron chi connectivity index (χ1n) is 8.43. The van der Waals surface area contributed by atoms with E-state index < -0.39 is 0 Å². The maximum Gasteiger partial charge on any atom is 0.246 e. The summed E-state index contributed by atoms with van der Waals surface area (Å²) in [6.07, 6.45) is 4.37. The number of hydrogen-bond acceptors (Lipinski definition) is 3. The number of amides is 2. The highest BCUT2D eigenvalue weighted by Gasteiger charge is 2.45. The van der Waals surface area contributed by atoms with Gasteiger partial charge in [0.05, 0.1) is 12.8 Å². The highest BCUT2D eigenvalue weighted by atomic mass is 16.3. The predicted octanol–water partition coefficient (Wildman–Crippen LogP) is 2.48. The second-order valence-electron chi connectivity index (χ2n) is 6.46. The van der Waals surface area contributed by atoms with Crippen molar-refractivity contribution < 1.29 is 14.0 Å². The van der Waals surface area contributed by atoms with Gasteiger partial charge in [0.15, 0.2) is 0 Å². The van der Waals surface area contributed by atoms with Gasteiger partial charge in [-0.25, -0.2) is 0 Å². The highest BCUT2D eigenvalue weighted by Crippen LogP contribution is 2.47. The fraction of sp³-hybridized carbons (Fsp3) is 0.368. The Morgan fingerprint density at radius 1 is 1.21 bits per heavy atom. The summed E-state index contributed by atoms with van der Waals surface area (Å²) in [5.41, 5.74) is 2.17. The molecule has 2 atom stereocenters. The van der Waals surface area contributed by atoms with Gasteiger partial charge in [0.1, 0.15) is 5.76 Å². The normalized spacial score (nSPS) is 21.9. The lowest BCUT2D eigenvalue weighted by atomic mass is 10.0. The molecule has 1 fully saturated rings. The van der Waals surface area contributed by atoms with Crippen LogP contribution in [-0.4, -0.2) is 24.9 Å². The third-order valence-corrected chi connectivity index (χ3v) is 4.86. The molecule has 124 valence electrons. The van der Waals surface area contributed by atoms with E-state index in [9.17, 15) is 9.59 Å². The van der Waals surface area contributed by atoms with Crippen LogP contribution in [0.15, 0.2) is 47.1 Å². The Labute approximate surface area is 140 Å². The molecule has 2 aromatic rings. The van der Waals surface area contributed by atoms with Gasteiger partial charge in [-0.1, -0.05) is 18.2 Å². The Balaban J connectivity index is 1.34. The molecule has 0 unspecified atom stereocenters. The molecule has 1 aromatic carbocycles. The van der Waals surface area contributed by atoms with E-state index in [1.165, 1.54) is 5.56 Å². The number of rotatable bonds is 4. The van der Waals surface area contributed by atoms with Gasteiger partial charge in [-0.2, -0.15) is 0 Å². The van der Waals surface area contributed by atoms with Crippen molar-refractivity contribution >= 4 is 17.5 Å². The number of fused-ring (bicyclic) bond motifs is 1. The molecule has 1 saturated carbocycles. The van der Waals surface area contributed by atoms with Crippen molar-refractivity contribution in [2.24, 2.45) is 5.92 Å². The predicted molar refractivity (Wildman–Crippen MR) is 89.7 cm³/mol. The summed E-state index contributed by atoms with van der Waals surface area (Å²) < 4.78 is 5.34. The minimum Gasteiger partial charge on any atom is -0.469 e. The molecule has 2 amide bonds. The van der Waals surface area contributed by atoms with Crippen LogP contribution in [0.4, 0.5) is 5.69 Å². The van der Waals surface area contributed by atoms with E-state index in [0.29, 0.717) is 6.54 Å². The first kappa shape index (κ1) is 15.0. The van der Waals surface area contributed by atoms with Crippen LogP contribution in [-0.2, 0) is 16.0 Å². The number of aryl methyl sites for hydroxylation is 1. The Bertz CT molecular complexity index is 754. The number of benzene rings is 1. The molecule has 24 heavy (non-hydrogen) atoms. The van der Waals surface area contributed by atoms with E-state index in [1.54, 1.807) is 11.2 Å². The van der Waals surface area contributed by atoms with E-state index in [2.05, 4.69) is 11.4 Å². The van der Waals surface area contributed by atoms with Crippen LogP contribution in [0.3, 0.4) is 0 Å². The van der Waals surface area contributed by atoms with E-state index in [0.717, 1.165) is 30.7 Å². The van der Waals surface area contributed by atoms with Crippen molar-refractivity contribution in [3.63, 3.8) is 0 Å². The van der Waals surface area contributed by atoms with Crippen molar-refractivity contribution in [2.45, 2.75) is 25.2 Å². The molecule has 1 aliphatic carbocycles. The molecule has 0 saturated heterocycles. The Kier molecular flexibility index (Phi) is 3.84. The minimum absolute atomic E-state index is 0.0501. The van der Waals surface area contributed by atoms with Crippen molar-refractivity contribution in [3.8, 4) is 0 Å². The zero-order valence-electron chi connectivity index (χ0n) is 13.4. The van der Waals surface area contributed by atoms with Gasteiger partial charge >= 0.3 is 0 Å². The van der Waals surface area contributed by atoms with Crippen molar-refractivity contribution in [1.29, 1.82) is 0 Å². The topological polar surface area (TPSA) is 62.6 Å². The van der Waals surface area contributed by atoms with Gasteiger partial charge < -0.3 is 14.6 Å². The molecule has 2 heterocycles. The number of anilines is 1. The van der Waals surface area contributed by atoms with E-state index in [4.69, 9.17) is 4.42 Å². The number of carbonyl (C=O) groups excluding carboxylic acids is 2. The number of nitrogens with one attached hydrogen (secondary N) is 1. The number of para-hydroxylation sites is 1. The average Bonchev–Trinajstić information content (AvgIpc) is 3.24. The molecular weight excluding hydrogens is 304 g/mol. The summed E-state index contributed by atoms with van der Waals surface area (Å²) in [6, 6.07) is 11.7. The summed E-state index contributed by atoms with van der Waals surface area (Å²) in [5, 5.41) is 2.79. The quantitative estimate of drug-likeness (QED) is 0.940. The van der Waals surface area contributed by atoms with Gasteiger partial charge in [-0.15, -0.1) is 0 Å². The molecule has 0 radical (unpaired) electrons. The lowest BCUT2D eigenvalue weighted by Crippen LogP contribution is -2.43. The summed E-state index contributed by atoms with van der Waals surface area (Å²) in [6.45, 7) is 0.763. The van der Waals surface area contributed by atoms with Gasteiger partial charge in [-0.05, 0) is 43.0 Å². The molecule has 1 aromatic heterocycles. The maximum atomic E-state index is 12.5. The SMILES string of the molecule is O=C(NCC(=O)N1CCCc2ccccc21)[C@H]1C[C@H]1c1ccco1. The summed E-state index contributed by atoms with van der Waals surface area (Å²) in [5.74, 6) is 0.829. The number of carbonyl (C=O) groups is 2. The fourth-order valence-electron chi connectivity index (χ4n) is 3.48. The Morgan fingerprint density at radius 2 is 2.08 bits per heavy atom. The van der Waals surface area contributed by atoms with Crippen LogP contribution >= 0.6 is 0 Å². The third-order valence-electron chi connectivity index (χ3n) is 4.86. The van der Waals surface area contributed by atoms with E-state index >= 15 is 0 Å². The first-order chi connectivity index (χ1) is 11.7. The van der Waals surface area contributed by atoms with Crippen LogP contribution in [0.25, 0.3) is 0 Å². The third kappa shape index (κ3) is 2.82. The zero-order valence-corrected chi connectivity index (χ0v) is 13.4. The standard InChI is InChI=1S/C19H20N2O3/c22-18(21-9-3-6-13-5-1-2-7-16(13)21)12-20-19(23)15-11-14(15)17-8-4-10-24-17/h1-2,4-5,7-8,10,14-15H,3,6,9,11-12H2,(H,20,23)/t14-,15+/m1/s1. The van der Waals surface area contributed by atoms with Gasteiger partial charge in [-0.3, -0.25) is 9.59 Å². The minimum atomic E-state index is -0.0717. The van der Waals surface area contributed by atoms with Crippen LogP contribution in [0.1, 0.15) is 30.1 Å². The monoisotopic (exact) mass is 324 g/mol. The van der Waals surface area contributed by atoms with Crippen LogP contribution in [0.2, 0.25) is 0 Å². The number of furan rings is 1. The molecule has 0 bridgehead atoms. The van der Waals surface area contributed by atoms with Gasteiger partial charge in [0, 0.05) is 24.1 Å². The molecule has 2 aliphatic rings. The molecule has 5 heteroatoms. The maximum absolute atomic E-state index is 12.5. The molecule has 1 aliphatic heterocycles. The van der Waals surface area contributed by atoms with Crippen LogP contribution < -0.4 is 10.2 Å². The smallest absolute Gasteiger partial charge is 0.246 e. The van der Waals surface area contributed by atoms with Gasteiger partial charge in [0.2, 0.25) is 11.8 Å². The molecule has 5 nitrogen and oxygen atoms in total. The summed E-state index contributed by atoms with van der Waals surface area (Å²) in [7, 11) is 0. The number of nitrogens with zero attached hydrogens (tertiary/aromatic N) is 1. The second kappa shape index (κ2) is 6.15. The zero-order chi connectivity index (χ0) is 16.5. The van der Waals surface area contributed by atoms with E-state index in [1.807, 2.05) is 30.3 Å². The van der Waals surface area contributed by atoms with Crippen LogP contribution in [0, 0.1) is 5.92 Å². The molecule has 4 rings (SSSR count). The fourth-order valence-corrected chi connectivity index (χ4v) is 3.48. The highest BCUT2D eigenvalue weighted by molar-refractivity contribution is 5.98. The van der Waals surface area contributed by atoms with Crippen molar-refractivity contribution in [3.05, 3.63) is 54.0 Å². The molecule has 1 N–H and O–H groups in total. The first-order valence-corrected chi connectivity index (χ1v) is 8.43. The van der Waals surface area contributed by atoms with Crippen LogP contribution in [0.5, 0.6) is 0 Å². The molecular formula is C19H20N2O3. The lowest BCUT2D eigenvalue weighted by molar-refractivity contribution is -0.125. The average molecular weight is 324 g/mol. The Morgan fingerprint density at radius 3 is 2.92 bits per heavy atom. The molecule has 0 spiro atoms. The second-order valence-corrected chi connectivity index (χ2v) is 6.46. The lowest BCUT2D eigenvalue weighted by Gasteiger charge is -2.29. The Hall–Kier alpha value is -2.56. The largest absolute Gasteiger partial charge is 0.469 e. The van der Waals surface area contributed by atoms with Gasteiger partial charge in [0.25, 0.3) is 0 Å². The summed E-state index contributed by atoms with van der Waals surface area (Å²) in [4.78, 5) is 26.5. The summed E-state index contributed by atoms with van der Waals surface area (Å²) >= 11 is 0. The number of hydrogen-bond donors (Lipinski definition) is 1.